The summed E-state index contributed by atoms with van der Waals surface area (Å²) in [6, 6.07) is 3.72. The molecule has 0 radical (unpaired) electrons. The lowest BCUT2D eigenvalue weighted by atomic mass is 9.67. The molecular formula is C12H17ClN2. The summed E-state index contributed by atoms with van der Waals surface area (Å²) in [5.74, 6) is 0.818. The molecule has 1 saturated carbocycles. The van der Waals surface area contributed by atoms with E-state index in [4.69, 9.17) is 11.6 Å². The second-order valence-electron chi connectivity index (χ2n) is 4.39. The maximum Gasteiger partial charge on any atom is 0.144 e. The highest BCUT2D eigenvalue weighted by Crippen LogP contribution is 2.43. The lowest BCUT2D eigenvalue weighted by molar-refractivity contribution is 0.145. The zero-order chi connectivity index (χ0) is 10.7. The van der Waals surface area contributed by atoms with Crippen molar-refractivity contribution < 1.29 is 0 Å². The average Bonchev–Trinajstić information content (AvgIpc) is 2.19. The molecule has 1 aromatic heterocycles. The molecule has 1 aromatic rings. The zero-order valence-corrected chi connectivity index (χ0v) is 9.85. The molecule has 2 nitrogen and oxygen atoms in total. The predicted octanol–water partition coefficient (Wildman–Crippen LogP) is 3.73. The Morgan fingerprint density at radius 3 is 2.87 bits per heavy atom. The molecule has 15 heavy (non-hydrogen) atoms. The Labute approximate surface area is 96.1 Å². The van der Waals surface area contributed by atoms with Crippen LogP contribution < -0.4 is 5.32 Å². The van der Waals surface area contributed by atoms with Crippen molar-refractivity contribution in [2.24, 2.45) is 5.41 Å². The highest BCUT2D eigenvalue weighted by atomic mass is 35.5. The molecule has 0 aromatic carbocycles. The molecule has 0 bridgehead atoms. The number of pyridine rings is 1. The van der Waals surface area contributed by atoms with Crippen molar-refractivity contribution in [3.63, 3.8) is 0 Å². The molecular weight excluding hydrogens is 208 g/mol. The van der Waals surface area contributed by atoms with Gasteiger partial charge in [-0.15, -0.1) is 0 Å². The van der Waals surface area contributed by atoms with Gasteiger partial charge in [-0.2, -0.15) is 0 Å². The van der Waals surface area contributed by atoms with E-state index in [0.717, 1.165) is 12.4 Å². The first kappa shape index (κ1) is 10.7. The summed E-state index contributed by atoms with van der Waals surface area (Å²) in [5, 5.41) is 4.07. The van der Waals surface area contributed by atoms with Gasteiger partial charge >= 0.3 is 0 Å². The summed E-state index contributed by atoms with van der Waals surface area (Å²) in [6.07, 6.45) is 7.05. The van der Waals surface area contributed by atoms with E-state index in [-0.39, 0.29) is 0 Å². The average molecular weight is 225 g/mol. The van der Waals surface area contributed by atoms with Gasteiger partial charge in [0, 0.05) is 12.7 Å². The van der Waals surface area contributed by atoms with Crippen LogP contribution in [0.4, 0.5) is 5.82 Å². The van der Waals surface area contributed by atoms with E-state index in [2.05, 4.69) is 17.2 Å². The lowest BCUT2D eigenvalue weighted by Crippen LogP contribution is -2.36. The van der Waals surface area contributed by atoms with Gasteiger partial charge in [0.2, 0.25) is 0 Å². The number of aromatic nitrogens is 1. The first-order chi connectivity index (χ1) is 7.26. The summed E-state index contributed by atoms with van der Waals surface area (Å²) >= 11 is 6.03. The van der Waals surface area contributed by atoms with Gasteiger partial charge in [0.15, 0.2) is 0 Å². The summed E-state index contributed by atoms with van der Waals surface area (Å²) < 4.78 is 0. The van der Waals surface area contributed by atoms with Crippen molar-refractivity contribution in [1.29, 1.82) is 0 Å². The predicted molar refractivity (Wildman–Crippen MR) is 64.3 cm³/mol. The Kier molecular flexibility index (Phi) is 3.15. The molecule has 0 atom stereocenters. The standard InChI is InChI=1S/C12H17ClN2/c1-2-12(6-4-7-12)9-15-11-10(13)5-3-8-14-11/h3,5,8H,2,4,6-7,9H2,1H3,(H,14,15). The highest BCUT2D eigenvalue weighted by Gasteiger charge is 2.34. The number of halogens is 1. The van der Waals surface area contributed by atoms with Crippen LogP contribution in [0, 0.1) is 5.41 Å². The molecule has 0 unspecified atom stereocenters. The third-order valence-electron chi connectivity index (χ3n) is 3.55. The highest BCUT2D eigenvalue weighted by molar-refractivity contribution is 6.32. The molecule has 1 heterocycles. The molecule has 0 saturated heterocycles. The zero-order valence-electron chi connectivity index (χ0n) is 9.09. The largest absolute Gasteiger partial charge is 0.368 e. The first-order valence-electron chi connectivity index (χ1n) is 5.60. The first-order valence-corrected chi connectivity index (χ1v) is 5.98. The SMILES string of the molecule is CCC1(CNc2ncccc2Cl)CCC1. The number of hydrogen-bond acceptors (Lipinski definition) is 2. The molecule has 3 heteroatoms. The fraction of sp³-hybridized carbons (Fsp3) is 0.583. The second-order valence-corrected chi connectivity index (χ2v) is 4.80. The maximum atomic E-state index is 6.03. The third kappa shape index (κ3) is 2.25. The van der Waals surface area contributed by atoms with E-state index in [1.165, 1.54) is 25.7 Å². The molecule has 82 valence electrons. The molecule has 1 aliphatic rings. The van der Waals surface area contributed by atoms with Crippen molar-refractivity contribution >= 4 is 17.4 Å². The minimum Gasteiger partial charge on any atom is -0.368 e. The van der Waals surface area contributed by atoms with Gasteiger partial charge in [0.25, 0.3) is 0 Å². The number of nitrogens with one attached hydrogen (secondary N) is 1. The Balaban J connectivity index is 1.95. The Hall–Kier alpha value is -0.760. The van der Waals surface area contributed by atoms with E-state index in [1.54, 1.807) is 6.20 Å². The molecule has 2 rings (SSSR count). The minimum absolute atomic E-state index is 0.501. The van der Waals surface area contributed by atoms with Crippen LogP contribution in [0.15, 0.2) is 18.3 Å². The second kappa shape index (κ2) is 4.40. The van der Waals surface area contributed by atoms with Crippen LogP contribution >= 0.6 is 11.6 Å². The van der Waals surface area contributed by atoms with Crippen molar-refractivity contribution in [2.45, 2.75) is 32.6 Å². The quantitative estimate of drug-likeness (QED) is 0.843. The van der Waals surface area contributed by atoms with Gasteiger partial charge in [-0.05, 0) is 36.8 Å². The minimum atomic E-state index is 0.501. The van der Waals surface area contributed by atoms with Crippen LogP contribution in [0.1, 0.15) is 32.6 Å². The summed E-state index contributed by atoms with van der Waals surface area (Å²) in [4.78, 5) is 4.23. The van der Waals surface area contributed by atoms with Gasteiger partial charge in [0.1, 0.15) is 5.82 Å². The lowest BCUT2D eigenvalue weighted by Gasteiger charge is -2.41. The van der Waals surface area contributed by atoms with E-state index in [9.17, 15) is 0 Å². The van der Waals surface area contributed by atoms with E-state index < -0.39 is 0 Å². The van der Waals surface area contributed by atoms with Crippen molar-refractivity contribution in [3.8, 4) is 0 Å². The fourth-order valence-electron chi connectivity index (χ4n) is 2.12. The Morgan fingerprint density at radius 2 is 2.33 bits per heavy atom. The van der Waals surface area contributed by atoms with Gasteiger partial charge in [0.05, 0.1) is 5.02 Å². The van der Waals surface area contributed by atoms with Crippen LogP contribution in [0.5, 0.6) is 0 Å². The van der Waals surface area contributed by atoms with Gasteiger partial charge in [-0.3, -0.25) is 0 Å². The fourth-order valence-corrected chi connectivity index (χ4v) is 2.31. The molecule has 1 fully saturated rings. The maximum absolute atomic E-state index is 6.03. The van der Waals surface area contributed by atoms with Gasteiger partial charge < -0.3 is 5.32 Å². The van der Waals surface area contributed by atoms with Gasteiger partial charge in [-0.25, -0.2) is 4.98 Å². The molecule has 0 spiro atoms. The van der Waals surface area contributed by atoms with Crippen LogP contribution in [0.3, 0.4) is 0 Å². The molecule has 0 amide bonds. The molecule has 1 N–H and O–H groups in total. The van der Waals surface area contributed by atoms with Crippen molar-refractivity contribution in [2.75, 3.05) is 11.9 Å². The van der Waals surface area contributed by atoms with Crippen molar-refractivity contribution in [1.82, 2.24) is 4.98 Å². The Morgan fingerprint density at radius 1 is 1.53 bits per heavy atom. The van der Waals surface area contributed by atoms with E-state index >= 15 is 0 Å². The Bertz CT molecular complexity index is 329. The summed E-state index contributed by atoms with van der Waals surface area (Å²) in [5.41, 5.74) is 0.501. The van der Waals surface area contributed by atoms with Gasteiger partial charge in [-0.1, -0.05) is 24.9 Å². The number of nitrogens with zero attached hydrogens (tertiary/aromatic N) is 1. The topological polar surface area (TPSA) is 24.9 Å². The van der Waals surface area contributed by atoms with E-state index in [0.29, 0.717) is 10.4 Å². The molecule has 0 aliphatic heterocycles. The number of anilines is 1. The molecule has 1 aliphatic carbocycles. The normalized spacial score (nSPS) is 18.3. The monoisotopic (exact) mass is 224 g/mol. The van der Waals surface area contributed by atoms with Crippen LogP contribution in [-0.2, 0) is 0 Å². The number of hydrogen-bond donors (Lipinski definition) is 1. The van der Waals surface area contributed by atoms with Crippen LogP contribution in [0.25, 0.3) is 0 Å². The van der Waals surface area contributed by atoms with Crippen LogP contribution in [0.2, 0.25) is 5.02 Å². The van der Waals surface area contributed by atoms with Crippen LogP contribution in [-0.4, -0.2) is 11.5 Å². The summed E-state index contributed by atoms with van der Waals surface area (Å²) in [6.45, 7) is 3.26. The van der Waals surface area contributed by atoms with Crippen molar-refractivity contribution in [3.05, 3.63) is 23.4 Å². The third-order valence-corrected chi connectivity index (χ3v) is 3.86. The van der Waals surface area contributed by atoms with E-state index in [1.807, 2.05) is 12.1 Å². The number of rotatable bonds is 4. The smallest absolute Gasteiger partial charge is 0.144 e. The summed E-state index contributed by atoms with van der Waals surface area (Å²) in [7, 11) is 0.